The Balaban J connectivity index is 3.46. The summed E-state index contributed by atoms with van der Waals surface area (Å²) >= 11 is 0. The molecule has 0 fully saturated rings. The zero-order chi connectivity index (χ0) is 7.33. The van der Waals surface area contributed by atoms with Crippen molar-refractivity contribution < 1.29 is 23.9 Å². The Morgan fingerprint density at radius 2 is 2.22 bits per heavy atom. The quantitative estimate of drug-likeness (QED) is 0.360. The van der Waals surface area contributed by atoms with Gasteiger partial charge < -0.3 is 4.89 Å². The molecule has 0 saturated heterocycles. The summed E-state index contributed by atoms with van der Waals surface area (Å²) in [4.78, 5) is 8.32. The van der Waals surface area contributed by atoms with Crippen LogP contribution in [-0.4, -0.2) is 16.8 Å². The first-order valence-electron chi connectivity index (χ1n) is 2.43. The van der Waals surface area contributed by atoms with Crippen molar-refractivity contribution in [3.63, 3.8) is 0 Å². The van der Waals surface area contributed by atoms with E-state index in [0.717, 1.165) is 0 Å². The van der Waals surface area contributed by atoms with Crippen molar-refractivity contribution in [1.82, 2.24) is 0 Å². The third kappa shape index (κ3) is 4.57. The lowest BCUT2D eigenvalue weighted by Crippen LogP contribution is -1.92. The highest BCUT2D eigenvalue weighted by molar-refractivity contribution is 7.47. The minimum atomic E-state index is -4.13. The lowest BCUT2D eigenvalue weighted by Gasteiger charge is -2.04. The molecule has 0 aromatic rings. The molecule has 0 heterocycles. The Kier molecular flexibility index (Phi) is 4.01. The van der Waals surface area contributed by atoms with E-state index in [-0.39, 0.29) is 6.61 Å². The van der Waals surface area contributed by atoms with Gasteiger partial charge in [-0.15, -0.1) is 4.67 Å². The Morgan fingerprint density at radius 3 is 2.56 bits per heavy atom. The Labute approximate surface area is 52.8 Å². The first-order valence-corrected chi connectivity index (χ1v) is 3.92. The largest absolute Gasteiger partial charge is 0.499 e. The van der Waals surface area contributed by atoms with Crippen molar-refractivity contribution in [1.29, 1.82) is 0 Å². The Bertz CT molecular complexity index is 113. The second-order valence-corrected chi connectivity index (χ2v) is 2.74. The van der Waals surface area contributed by atoms with Crippen LogP contribution in [0.4, 0.5) is 0 Å². The summed E-state index contributed by atoms with van der Waals surface area (Å²) in [5, 5.41) is 7.68. The van der Waals surface area contributed by atoms with Crippen LogP contribution in [0.25, 0.3) is 0 Å². The van der Waals surface area contributed by atoms with Gasteiger partial charge in [-0.2, -0.15) is 0 Å². The van der Waals surface area contributed by atoms with Gasteiger partial charge in [-0.1, -0.05) is 6.92 Å². The predicted molar refractivity (Wildman–Crippen MR) is 29.8 cm³/mol. The summed E-state index contributed by atoms with van der Waals surface area (Å²) in [7, 11) is -4.13. The van der Waals surface area contributed by atoms with Crippen LogP contribution in [0.15, 0.2) is 0 Å². The molecule has 0 spiro atoms. The van der Waals surface area contributed by atoms with E-state index in [2.05, 4.69) is 9.20 Å². The SMILES string of the molecule is CCCOP(=O)(O)OO. The fourth-order valence-electron chi connectivity index (χ4n) is 0.230. The molecule has 0 radical (unpaired) electrons. The van der Waals surface area contributed by atoms with E-state index < -0.39 is 7.82 Å². The van der Waals surface area contributed by atoms with E-state index in [9.17, 15) is 4.57 Å². The molecular formula is C3H9O5P. The molecule has 56 valence electrons. The third-order valence-corrected chi connectivity index (χ3v) is 1.28. The summed E-state index contributed by atoms with van der Waals surface area (Å²) in [6.07, 6.45) is 0.591. The fourth-order valence-corrected chi connectivity index (χ4v) is 0.691. The summed E-state index contributed by atoms with van der Waals surface area (Å²) in [5.41, 5.74) is 0. The monoisotopic (exact) mass is 156 g/mol. The molecule has 0 aromatic carbocycles. The molecule has 1 atom stereocenters. The highest BCUT2D eigenvalue weighted by Gasteiger charge is 2.19. The van der Waals surface area contributed by atoms with Crippen LogP contribution < -0.4 is 0 Å². The number of rotatable bonds is 4. The lowest BCUT2D eigenvalue weighted by atomic mass is 10.5. The fraction of sp³-hybridized carbons (Fsp3) is 1.00. The van der Waals surface area contributed by atoms with Gasteiger partial charge in [0.1, 0.15) is 0 Å². The standard InChI is InChI=1S/C3H9O5P/c1-2-3-7-9(5,6)8-4/h4H,2-3H2,1H3,(H,5,6). The van der Waals surface area contributed by atoms with Crippen molar-refractivity contribution in [3.8, 4) is 0 Å². The van der Waals surface area contributed by atoms with Gasteiger partial charge in [0.2, 0.25) is 0 Å². The van der Waals surface area contributed by atoms with Gasteiger partial charge in [0.25, 0.3) is 0 Å². The molecule has 0 amide bonds. The van der Waals surface area contributed by atoms with Crippen molar-refractivity contribution in [2.75, 3.05) is 6.61 Å². The molecule has 0 aliphatic heterocycles. The zero-order valence-electron chi connectivity index (χ0n) is 4.98. The molecule has 6 heteroatoms. The maximum Gasteiger partial charge on any atom is 0.499 e. The second-order valence-electron chi connectivity index (χ2n) is 1.38. The average molecular weight is 156 g/mol. The molecule has 0 aromatic heterocycles. The van der Waals surface area contributed by atoms with Crippen LogP contribution >= 0.6 is 7.82 Å². The molecule has 0 aliphatic rings. The number of hydrogen-bond donors (Lipinski definition) is 2. The van der Waals surface area contributed by atoms with Gasteiger partial charge in [-0.25, -0.2) is 9.82 Å². The molecule has 0 bridgehead atoms. The van der Waals surface area contributed by atoms with E-state index >= 15 is 0 Å². The van der Waals surface area contributed by atoms with E-state index in [0.29, 0.717) is 6.42 Å². The van der Waals surface area contributed by atoms with Gasteiger partial charge in [0.05, 0.1) is 6.61 Å². The van der Waals surface area contributed by atoms with E-state index in [1.807, 2.05) is 0 Å². The Hall–Kier alpha value is 0.0700. The van der Waals surface area contributed by atoms with Crippen molar-refractivity contribution in [3.05, 3.63) is 0 Å². The van der Waals surface area contributed by atoms with Gasteiger partial charge in [-0.05, 0) is 6.42 Å². The first-order chi connectivity index (χ1) is 4.12. The minimum absolute atomic E-state index is 0.0916. The third-order valence-electron chi connectivity index (χ3n) is 0.562. The highest BCUT2D eigenvalue weighted by atomic mass is 31.2. The van der Waals surface area contributed by atoms with Crippen LogP contribution in [0, 0.1) is 0 Å². The van der Waals surface area contributed by atoms with E-state index in [1.54, 1.807) is 6.92 Å². The second kappa shape index (κ2) is 3.98. The van der Waals surface area contributed by atoms with Gasteiger partial charge >= 0.3 is 7.82 Å². The summed E-state index contributed by atoms with van der Waals surface area (Å²) in [6, 6.07) is 0. The van der Waals surface area contributed by atoms with Crippen LogP contribution in [0.1, 0.15) is 13.3 Å². The van der Waals surface area contributed by atoms with Gasteiger partial charge in [0.15, 0.2) is 0 Å². The number of phosphoric ester groups is 1. The topological polar surface area (TPSA) is 76.0 Å². The molecule has 0 aliphatic carbocycles. The molecule has 2 N–H and O–H groups in total. The lowest BCUT2D eigenvalue weighted by molar-refractivity contribution is -0.162. The molecule has 0 saturated carbocycles. The first kappa shape index (κ1) is 9.07. The maximum atomic E-state index is 10.2. The molecule has 0 rings (SSSR count). The summed E-state index contributed by atoms with van der Waals surface area (Å²) in [5.74, 6) is 0. The maximum absolute atomic E-state index is 10.2. The molecular weight excluding hydrogens is 147 g/mol. The molecule has 9 heavy (non-hydrogen) atoms. The highest BCUT2D eigenvalue weighted by Crippen LogP contribution is 2.41. The van der Waals surface area contributed by atoms with Gasteiger partial charge in [0, 0.05) is 0 Å². The number of phosphoric acid groups is 1. The van der Waals surface area contributed by atoms with E-state index in [1.165, 1.54) is 0 Å². The van der Waals surface area contributed by atoms with Gasteiger partial charge in [-0.3, -0.25) is 4.52 Å². The number of hydrogen-bond acceptors (Lipinski definition) is 4. The summed E-state index contributed by atoms with van der Waals surface area (Å²) < 4.78 is 17.5. The van der Waals surface area contributed by atoms with Crippen molar-refractivity contribution in [2.45, 2.75) is 13.3 Å². The zero-order valence-corrected chi connectivity index (χ0v) is 5.88. The van der Waals surface area contributed by atoms with Crippen molar-refractivity contribution >= 4 is 7.82 Å². The Morgan fingerprint density at radius 1 is 1.67 bits per heavy atom. The van der Waals surface area contributed by atoms with E-state index in [4.69, 9.17) is 10.2 Å². The van der Waals surface area contributed by atoms with Crippen molar-refractivity contribution in [2.24, 2.45) is 0 Å². The summed E-state index contributed by atoms with van der Waals surface area (Å²) in [6.45, 7) is 1.85. The van der Waals surface area contributed by atoms with Crippen LogP contribution in [-0.2, 0) is 13.8 Å². The molecule has 1 unspecified atom stereocenters. The van der Waals surface area contributed by atoms with Crippen LogP contribution in [0.2, 0.25) is 0 Å². The van der Waals surface area contributed by atoms with Crippen LogP contribution in [0.3, 0.4) is 0 Å². The average Bonchev–Trinajstić information content (AvgIpc) is 1.84. The normalized spacial score (nSPS) is 17.2. The minimum Gasteiger partial charge on any atom is -0.301 e. The smallest absolute Gasteiger partial charge is 0.301 e. The predicted octanol–water partition coefficient (Wildman–Crippen LogP) is 1.00. The molecule has 5 nitrogen and oxygen atoms in total. The van der Waals surface area contributed by atoms with Crippen LogP contribution in [0.5, 0.6) is 0 Å².